The van der Waals surface area contributed by atoms with Gasteiger partial charge < -0.3 is 14.0 Å². The fraction of sp³-hybridized carbons (Fsp3) is 0.263. The van der Waals surface area contributed by atoms with Crippen LogP contribution in [0.2, 0.25) is 0 Å². The number of nitrogens with zero attached hydrogens (tertiary/aromatic N) is 1. The minimum absolute atomic E-state index is 0.238. The van der Waals surface area contributed by atoms with Gasteiger partial charge >= 0.3 is 0 Å². The third kappa shape index (κ3) is 3.02. The van der Waals surface area contributed by atoms with Crippen molar-refractivity contribution in [2.45, 2.75) is 26.5 Å². The topological polar surface area (TPSA) is 23.4 Å². The van der Waals surface area contributed by atoms with E-state index in [4.69, 9.17) is 9.47 Å². The van der Waals surface area contributed by atoms with Crippen LogP contribution < -0.4 is 9.47 Å². The summed E-state index contributed by atoms with van der Waals surface area (Å²) in [5.74, 6) is 1.13. The molecule has 0 amide bonds. The van der Waals surface area contributed by atoms with E-state index in [1.807, 2.05) is 36.5 Å². The average molecular weight is 313 g/mol. The van der Waals surface area contributed by atoms with Gasteiger partial charge in [0.15, 0.2) is 11.5 Å². The van der Waals surface area contributed by atoms with Crippen LogP contribution in [-0.4, -0.2) is 11.7 Å². The Morgan fingerprint density at radius 3 is 2.52 bits per heavy atom. The summed E-state index contributed by atoms with van der Waals surface area (Å²) in [7, 11) is 1.61. The maximum absolute atomic E-state index is 13.6. The zero-order valence-corrected chi connectivity index (χ0v) is 13.5. The molecule has 0 aliphatic carbocycles. The molecule has 0 saturated heterocycles. The highest BCUT2D eigenvalue weighted by Crippen LogP contribution is 2.30. The molecule has 120 valence electrons. The zero-order chi connectivity index (χ0) is 16.4. The smallest absolute Gasteiger partial charge is 0.161 e. The second-order valence-corrected chi connectivity index (χ2v) is 5.76. The van der Waals surface area contributed by atoms with Crippen molar-refractivity contribution in [2.24, 2.45) is 0 Å². The second-order valence-electron chi connectivity index (χ2n) is 5.76. The summed E-state index contributed by atoms with van der Waals surface area (Å²) < 4.78 is 27.0. The van der Waals surface area contributed by atoms with Crippen LogP contribution in [0.3, 0.4) is 0 Å². The van der Waals surface area contributed by atoms with Crippen molar-refractivity contribution in [1.82, 2.24) is 4.57 Å². The third-order valence-electron chi connectivity index (χ3n) is 3.89. The molecule has 0 aliphatic rings. The number of halogens is 1. The minimum Gasteiger partial charge on any atom is -0.493 e. The predicted octanol–water partition coefficient (Wildman–Crippen LogP) is 4.95. The first-order valence-corrected chi connectivity index (χ1v) is 7.65. The van der Waals surface area contributed by atoms with Crippen molar-refractivity contribution in [3.05, 3.63) is 60.0 Å². The zero-order valence-electron chi connectivity index (χ0n) is 13.5. The summed E-state index contributed by atoms with van der Waals surface area (Å²) >= 11 is 0. The molecular weight excluding hydrogens is 293 g/mol. The number of hydrogen-bond acceptors (Lipinski definition) is 2. The Hall–Kier alpha value is -2.49. The van der Waals surface area contributed by atoms with Crippen LogP contribution in [0.15, 0.2) is 48.7 Å². The molecule has 3 aromatic rings. The van der Waals surface area contributed by atoms with E-state index in [2.05, 4.69) is 18.4 Å². The number of ether oxygens (including phenoxy) is 2. The van der Waals surface area contributed by atoms with Gasteiger partial charge in [0.05, 0.1) is 7.11 Å². The quantitative estimate of drug-likeness (QED) is 0.665. The fourth-order valence-corrected chi connectivity index (χ4v) is 2.73. The normalized spacial score (nSPS) is 11.2. The van der Waals surface area contributed by atoms with Gasteiger partial charge in [-0.15, -0.1) is 0 Å². The van der Waals surface area contributed by atoms with Crippen molar-refractivity contribution < 1.29 is 13.9 Å². The Morgan fingerprint density at radius 2 is 1.83 bits per heavy atom. The fourth-order valence-electron chi connectivity index (χ4n) is 2.73. The molecule has 3 rings (SSSR count). The van der Waals surface area contributed by atoms with Gasteiger partial charge in [-0.05, 0) is 44.2 Å². The summed E-state index contributed by atoms with van der Waals surface area (Å²) in [5.41, 5.74) is 1.97. The molecule has 3 nitrogen and oxygen atoms in total. The van der Waals surface area contributed by atoms with E-state index in [0.29, 0.717) is 24.1 Å². The highest BCUT2D eigenvalue weighted by Gasteiger charge is 2.13. The van der Waals surface area contributed by atoms with Gasteiger partial charge in [0, 0.05) is 28.7 Å². The first-order chi connectivity index (χ1) is 11.1. The van der Waals surface area contributed by atoms with Gasteiger partial charge in [0.2, 0.25) is 0 Å². The van der Waals surface area contributed by atoms with Crippen LogP contribution in [0.5, 0.6) is 11.5 Å². The SMILES string of the molecule is COc1ccccc1OCc1cn(C(C)C)c2ccc(F)cc12. The Balaban J connectivity index is 1.95. The Bertz CT molecular complexity index is 823. The van der Waals surface area contributed by atoms with Crippen LogP contribution >= 0.6 is 0 Å². The van der Waals surface area contributed by atoms with Gasteiger partial charge in [0.25, 0.3) is 0 Å². The number of methoxy groups -OCH3 is 1. The van der Waals surface area contributed by atoms with Crippen molar-refractivity contribution in [3.63, 3.8) is 0 Å². The Kier molecular flexibility index (Phi) is 4.24. The lowest BCUT2D eigenvalue weighted by atomic mass is 10.2. The summed E-state index contributed by atoms with van der Waals surface area (Å²) in [4.78, 5) is 0. The van der Waals surface area contributed by atoms with Crippen LogP contribution in [0, 0.1) is 5.82 Å². The molecule has 0 unspecified atom stereocenters. The number of benzene rings is 2. The second kappa shape index (κ2) is 6.32. The first-order valence-electron chi connectivity index (χ1n) is 7.65. The highest BCUT2D eigenvalue weighted by molar-refractivity contribution is 5.84. The Labute approximate surface area is 135 Å². The van der Waals surface area contributed by atoms with E-state index in [1.165, 1.54) is 6.07 Å². The largest absolute Gasteiger partial charge is 0.493 e. The van der Waals surface area contributed by atoms with Gasteiger partial charge in [-0.3, -0.25) is 0 Å². The molecule has 0 N–H and O–H groups in total. The summed E-state index contributed by atoms with van der Waals surface area (Å²) in [6, 6.07) is 12.7. The van der Waals surface area contributed by atoms with E-state index in [9.17, 15) is 4.39 Å². The van der Waals surface area contributed by atoms with Gasteiger partial charge in [0.1, 0.15) is 12.4 Å². The third-order valence-corrected chi connectivity index (χ3v) is 3.89. The van der Waals surface area contributed by atoms with Crippen LogP contribution in [0.25, 0.3) is 10.9 Å². The minimum atomic E-state index is -0.238. The molecule has 23 heavy (non-hydrogen) atoms. The van der Waals surface area contributed by atoms with Crippen LogP contribution in [0.4, 0.5) is 4.39 Å². The molecule has 1 heterocycles. The first kappa shape index (κ1) is 15.4. The molecule has 4 heteroatoms. The van der Waals surface area contributed by atoms with Crippen LogP contribution in [-0.2, 0) is 6.61 Å². The molecule has 2 aromatic carbocycles. The molecule has 0 fully saturated rings. The number of rotatable bonds is 5. The number of hydrogen-bond donors (Lipinski definition) is 0. The van der Waals surface area contributed by atoms with E-state index >= 15 is 0 Å². The van der Waals surface area contributed by atoms with E-state index in [1.54, 1.807) is 13.2 Å². The average Bonchev–Trinajstić information content (AvgIpc) is 2.91. The summed E-state index contributed by atoms with van der Waals surface area (Å²) in [5, 5.41) is 0.883. The van der Waals surface area contributed by atoms with E-state index < -0.39 is 0 Å². The lowest BCUT2D eigenvalue weighted by Crippen LogP contribution is -1.99. The van der Waals surface area contributed by atoms with Crippen molar-refractivity contribution in [3.8, 4) is 11.5 Å². The van der Waals surface area contributed by atoms with Gasteiger partial charge in [-0.1, -0.05) is 12.1 Å². The molecule has 0 spiro atoms. The molecule has 1 aromatic heterocycles. The van der Waals surface area contributed by atoms with Crippen molar-refractivity contribution in [2.75, 3.05) is 7.11 Å². The number of aromatic nitrogens is 1. The monoisotopic (exact) mass is 313 g/mol. The van der Waals surface area contributed by atoms with Crippen LogP contribution in [0.1, 0.15) is 25.5 Å². The van der Waals surface area contributed by atoms with E-state index in [-0.39, 0.29) is 5.82 Å². The molecule has 0 radical (unpaired) electrons. The highest BCUT2D eigenvalue weighted by atomic mass is 19.1. The summed E-state index contributed by atoms with van der Waals surface area (Å²) in [6.07, 6.45) is 2.03. The number of para-hydroxylation sites is 2. The molecule has 0 aliphatic heterocycles. The predicted molar refractivity (Wildman–Crippen MR) is 89.6 cm³/mol. The maximum Gasteiger partial charge on any atom is 0.161 e. The molecule has 0 bridgehead atoms. The van der Waals surface area contributed by atoms with Crippen molar-refractivity contribution in [1.29, 1.82) is 0 Å². The lowest BCUT2D eigenvalue weighted by molar-refractivity contribution is 0.285. The Morgan fingerprint density at radius 1 is 1.09 bits per heavy atom. The molecule has 0 saturated carbocycles. The van der Waals surface area contributed by atoms with E-state index in [0.717, 1.165) is 16.5 Å². The summed E-state index contributed by atoms with van der Waals surface area (Å²) in [6.45, 7) is 4.57. The maximum atomic E-state index is 13.6. The van der Waals surface area contributed by atoms with Gasteiger partial charge in [-0.25, -0.2) is 4.39 Å². The number of fused-ring (bicyclic) bond motifs is 1. The van der Waals surface area contributed by atoms with Crippen molar-refractivity contribution >= 4 is 10.9 Å². The molecule has 0 atom stereocenters. The standard InChI is InChI=1S/C19H20FNO2/c1-13(2)21-11-14(16-10-15(20)8-9-17(16)21)12-23-19-7-5-4-6-18(19)22-3/h4-11,13H,12H2,1-3H3. The molecular formula is C19H20FNO2. The van der Waals surface area contributed by atoms with Gasteiger partial charge in [-0.2, -0.15) is 0 Å². The lowest BCUT2D eigenvalue weighted by Gasteiger charge is -2.10.